The summed E-state index contributed by atoms with van der Waals surface area (Å²) in [5, 5.41) is 9.00. The van der Waals surface area contributed by atoms with Crippen LogP contribution in [0.15, 0.2) is 0 Å². The van der Waals surface area contributed by atoms with Crippen LogP contribution in [0, 0.1) is 11.8 Å². The largest absolute Gasteiger partial charge is 0.481 e. The third-order valence-electron chi connectivity index (χ3n) is 3.87. The Morgan fingerprint density at radius 1 is 1.32 bits per heavy atom. The summed E-state index contributed by atoms with van der Waals surface area (Å²) in [5.74, 6) is -0.223. The molecule has 0 aromatic rings. The van der Waals surface area contributed by atoms with Gasteiger partial charge in [-0.1, -0.05) is 0 Å². The summed E-state index contributed by atoms with van der Waals surface area (Å²) < 4.78 is 0. The van der Waals surface area contributed by atoms with E-state index in [9.17, 15) is 9.59 Å². The molecule has 2 rings (SSSR count). The van der Waals surface area contributed by atoms with Gasteiger partial charge in [-0.3, -0.25) is 14.5 Å². The molecule has 1 heterocycles. The third kappa shape index (κ3) is 4.99. The third-order valence-corrected chi connectivity index (χ3v) is 3.87. The van der Waals surface area contributed by atoms with Crippen molar-refractivity contribution in [2.75, 3.05) is 33.2 Å². The van der Waals surface area contributed by atoms with E-state index in [4.69, 9.17) is 5.11 Å². The number of carbonyl (C=O) groups excluding carboxylic acids is 1. The predicted octanol–water partition coefficient (Wildman–Crippen LogP) is 1.07. The second-order valence-corrected chi connectivity index (χ2v) is 5.63. The zero-order valence-corrected chi connectivity index (χ0v) is 12.2. The molecule has 1 atom stereocenters. The first-order chi connectivity index (χ1) is 8.56. The zero-order chi connectivity index (χ0) is 13.1. The number of likely N-dealkylation sites (N-methyl/N-ethyl adjacent to an activating group) is 1. The van der Waals surface area contributed by atoms with E-state index in [0.29, 0.717) is 19.0 Å². The van der Waals surface area contributed by atoms with Crippen LogP contribution in [0.2, 0.25) is 0 Å². The van der Waals surface area contributed by atoms with Gasteiger partial charge in [0.15, 0.2) is 0 Å². The Labute approximate surface area is 120 Å². The molecular weight excluding hydrogens is 268 g/mol. The molecule has 0 bridgehead atoms. The molecule has 0 aromatic heterocycles. The molecule has 1 unspecified atom stereocenters. The summed E-state index contributed by atoms with van der Waals surface area (Å²) in [6.07, 6.45) is 4.08. The maximum absolute atomic E-state index is 12.0. The fourth-order valence-electron chi connectivity index (χ4n) is 2.50. The van der Waals surface area contributed by atoms with E-state index in [1.54, 1.807) is 4.90 Å². The minimum atomic E-state index is -0.738. The second-order valence-electron chi connectivity index (χ2n) is 5.63. The van der Waals surface area contributed by atoms with Gasteiger partial charge in [-0.25, -0.2) is 0 Å². The lowest BCUT2D eigenvalue weighted by molar-refractivity contribution is -0.144. The van der Waals surface area contributed by atoms with Crippen LogP contribution in [0.4, 0.5) is 0 Å². The number of rotatable bonds is 5. The van der Waals surface area contributed by atoms with Gasteiger partial charge in [0, 0.05) is 20.1 Å². The smallest absolute Gasteiger partial charge is 0.307 e. The van der Waals surface area contributed by atoms with Crippen LogP contribution in [0.3, 0.4) is 0 Å². The summed E-state index contributed by atoms with van der Waals surface area (Å²) in [7, 11) is 1.85. The fourth-order valence-corrected chi connectivity index (χ4v) is 2.50. The molecule has 1 saturated carbocycles. The van der Waals surface area contributed by atoms with E-state index in [0.717, 1.165) is 25.9 Å². The van der Waals surface area contributed by atoms with Crippen molar-refractivity contribution >= 4 is 24.3 Å². The molecule has 1 aliphatic carbocycles. The molecule has 1 amide bonds. The van der Waals surface area contributed by atoms with Crippen molar-refractivity contribution in [2.45, 2.75) is 25.7 Å². The van der Waals surface area contributed by atoms with Gasteiger partial charge in [-0.2, -0.15) is 0 Å². The highest BCUT2D eigenvalue weighted by atomic mass is 35.5. The quantitative estimate of drug-likeness (QED) is 0.823. The maximum Gasteiger partial charge on any atom is 0.307 e. The van der Waals surface area contributed by atoms with E-state index in [1.807, 2.05) is 11.9 Å². The molecule has 0 spiro atoms. The number of hydrogen-bond donors (Lipinski definition) is 1. The van der Waals surface area contributed by atoms with Crippen molar-refractivity contribution in [2.24, 2.45) is 11.8 Å². The van der Waals surface area contributed by atoms with Crippen LogP contribution in [0.5, 0.6) is 0 Å². The Kier molecular flexibility index (Phi) is 6.07. The Balaban J connectivity index is 0.00000180. The van der Waals surface area contributed by atoms with Crippen LogP contribution in [-0.4, -0.2) is 60.0 Å². The second kappa shape index (κ2) is 7.10. The molecule has 0 radical (unpaired) electrons. The highest BCUT2D eigenvalue weighted by Gasteiger charge is 2.28. The Bertz CT molecular complexity index is 334. The lowest BCUT2D eigenvalue weighted by Crippen LogP contribution is -2.45. The highest BCUT2D eigenvalue weighted by molar-refractivity contribution is 5.85. The maximum atomic E-state index is 12.0. The standard InChI is InChI=1S/C13H22N2O3.ClH/c1-14(7-10-4-5-10)12(16)9-15-6-2-3-11(8-15)13(17)18;/h10-11H,2-9H2,1H3,(H,17,18);1H. The SMILES string of the molecule is CN(CC1CC1)C(=O)CN1CCCC(C(=O)O)C1.Cl. The Hall–Kier alpha value is -0.810. The van der Waals surface area contributed by atoms with E-state index in [-0.39, 0.29) is 24.2 Å². The number of carbonyl (C=O) groups is 2. The monoisotopic (exact) mass is 290 g/mol. The van der Waals surface area contributed by atoms with Gasteiger partial charge in [-0.05, 0) is 38.1 Å². The van der Waals surface area contributed by atoms with Gasteiger partial charge in [-0.15, -0.1) is 12.4 Å². The molecule has 1 saturated heterocycles. The minimum absolute atomic E-state index is 0. The molecular formula is C13H23ClN2O3. The number of nitrogens with zero attached hydrogens (tertiary/aromatic N) is 2. The van der Waals surface area contributed by atoms with Crippen LogP contribution >= 0.6 is 12.4 Å². The normalized spacial score (nSPS) is 23.5. The number of hydrogen-bond acceptors (Lipinski definition) is 3. The molecule has 1 N–H and O–H groups in total. The first-order valence-electron chi connectivity index (χ1n) is 6.75. The first kappa shape index (κ1) is 16.2. The lowest BCUT2D eigenvalue weighted by Gasteiger charge is -2.31. The average Bonchev–Trinajstić information content (AvgIpc) is 3.13. The van der Waals surface area contributed by atoms with Crippen molar-refractivity contribution in [3.05, 3.63) is 0 Å². The van der Waals surface area contributed by atoms with Crippen molar-refractivity contribution in [3.63, 3.8) is 0 Å². The summed E-state index contributed by atoms with van der Waals surface area (Å²) in [4.78, 5) is 26.7. The van der Waals surface area contributed by atoms with Gasteiger partial charge in [0.25, 0.3) is 0 Å². The predicted molar refractivity (Wildman–Crippen MR) is 74.4 cm³/mol. The molecule has 2 aliphatic rings. The Morgan fingerprint density at radius 3 is 2.58 bits per heavy atom. The van der Waals surface area contributed by atoms with E-state index < -0.39 is 5.97 Å². The number of aliphatic carboxylic acids is 1. The van der Waals surface area contributed by atoms with Gasteiger partial charge >= 0.3 is 5.97 Å². The molecule has 19 heavy (non-hydrogen) atoms. The van der Waals surface area contributed by atoms with Crippen LogP contribution in [-0.2, 0) is 9.59 Å². The van der Waals surface area contributed by atoms with Crippen molar-refractivity contribution in [1.29, 1.82) is 0 Å². The van der Waals surface area contributed by atoms with E-state index in [2.05, 4.69) is 0 Å². The van der Waals surface area contributed by atoms with Gasteiger partial charge in [0.1, 0.15) is 0 Å². The van der Waals surface area contributed by atoms with E-state index >= 15 is 0 Å². The summed E-state index contributed by atoms with van der Waals surface area (Å²) in [5.41, 5.74) is 0. The number of carboxylic acid groups (broad SMARTS) is 1. The Morgan fingerprint density at radius 2 is 2.00 bits per heavy atom. The van der Waals surface area contributed by atoms with Crippen molar-refractivity contribution in [3.8, 4) is 0 Å². The average molecular weight is 291 g/mol. The summed E-state index contributed by atoms with van der Waals surface area (Å²) >= 11 is 0. The number of likely N-dealkylation sites (tertiary alicyclic amines) is 1. The molecule has 0 aromatic carbocycles. The minimum Gasteiger partial charge on any atom is -0.481 e. The van der Waals surface area contributed by atoms with Gasteiger partial charge in [0.05, 0.1) is 12.5 Å². The van der Waals surface area contributed by atoms with Crippen molar-refractivity contribution in [1.82, 2.24) is 9.80 Å². The zero-order valence-electron chi connectivity index (χ0n) is 11.4. The van der Waals surface area contributed by atoms with Gasteiger partial charge in [0.2, 0.25) is 5.91 Å². The van der Waals surface area contributed by atoms with Crippen LogP contribution in [0.1, 0.15) is 25.7 Å². The molecule has 5 nitrogen and oxygen atoms in total. The van der Waals surface area contributed by atoms with E-state index in [1.165, 1.54) is 12.8 Å². The molecule has 1 aliphatic heterocycles. The molecule has 110 valence electrons. The molecule has 2 fully saturated rings. The highest BCUT2D eigenvalue weighted by Crippen LogP contribution is 2.29. The fraction of sp³-hybridized carbons (Fsp3) is 0.846. The lowest BCUT2D eigenvalue weighted by atomic mass is 9.98. The van der Waals surface area contributed by atoms with Crippen LogP contribution < -0.4 is 0 Å². The van der Waals surface area contributed by atoms with Crippen molar-refractivity contribution < 1.29 is 14.7 Å². The number of amides is 1. The first-order valence-corrected chi connectivity index (χ1v) is 6.75. The number of piperidine rings is 1. The van der Waals surface area contributed by atoms with Crippen LogP contribution in [0.25, 0.3) is 0 Å². The number of carboxylic acids is 1. The topological polar surface area (TPSA) is 60.9 Å². The number of halogens is 1. The van der Waals surface area contributed by atoms with Gasteiger partial charge < -0.3 is 10.0 Å². The summed E-state index contributed by atoms with van der Waals surface area (Å²) in [6, 6.07) is 0. The summed E-state index contributed by atoms with van der Waals surface area (Å²) in [6.45, 7) is 2.58. The molecule has 6 heteroatoms.